The van der Waals surface area contributed by atoms with Crippen LogP contribution in [-0.4, -0.2) is 19.7 Å². The average Bonchev–Trinajstić information content (AvgIpc) is 2.90. The van der Waals surface area contributed by atoms with Crippen molar-refractivity contribution in [2.24, 2.45) is 7.05 Å². The number of fused-ring (bicyclic) bond motifs is 1. The minimum absolute atomic E-state index is 0.0284. The Bertz CT molecular complexity index is 736. The lowest BCUT2D eigenvalue weighted by molar-refractivity contribution is -0.671. The van der Waals surface area contributed by atoms with E-state index in [1.165, 1.54) is 17.2 Å². The largest absolute Gasteiger partial charge is 0.359 e. The molecule has 1 atom stereocenters. The molecule has 3 rings (SSSR count). The average molecular weight is 286 g/mol. The smallest absolute Gasteiger partial charge is 0.259 e. The molecule has 8 nitrogen and oxygen atoms in total. The molecule has 1 aliphatic heterocycles. The van der Waals surface area contributed by atoms with Crippen LogP contribution in [0.25, 0.3) is 5.32 Å². The molecule has 0 N–H and O–H groups in total. The van der Waals surface area contributed by atoms with Crippen LogP contribution in [-0.2, 0) is 13.5 Å². The molecule has 2 aromatic rings. The number of aryl methyl sites for hydroxylation is 2. The first-order chi connectivity index (χ1) is 10.1. The Morgan fingerprint density at radius 2 is 2.38 bits per heavy atom. The molecule has 0 aliphatic carbocycles. The maximum Gasteiger partial charge on any atom is 0.259 e. The Hall–Kier alpha value is -2.77. The summed E-state index contributed by atoms with van der Waals surface area (Å²) in [5.41, 5.74) is 2.14. The molecule has 0 aromatic carbocycles. The number of nitrogens with zero attached hydrogens (tertiary/aromatic N) is 6. The second-order valence-corrected chi connectivity index (χ2v) is 4.98. The molecule has 8 heteroatoms. The highest BCUT2D eigenvalue weighted by atomic mass is 16.6. The topological polar surface area (TPSA) is 91.8 Å². The van der Waals surface area contributed by atoms with E-state index in [1.807, 2.05) is 37.0 Å². The zero-order valence-corrected chi connectivity index (χ0v) is 11.7. The van der Waals surface area contributed by atoms with E-state index in [0.29, 0.717) is 12.4 Å². The molecule has 0 spiro atoms. The van der Waals surface area contributed by atoms with Gasteiger partial charge < -0.3 is 15.0 Å². The van der Waals surface area contributed by atoms with Gasteiger partial charge in [0.05, 0.1) is 11.3 Å². The summed E-state index contributed by atoms with van der Waals surface area (Å²) in [5, 5.41) is 19.3. The zero-order chi connectivity index (χ0) is 15.0. The third-order valence-corrected chi connectivity index (χ3v) is 3.54. The van der Waals surface area contributed by atoms with E-state index in [9.17, 15) is 10.1 Å². The molecule has 3 heterocycles. The van der Waals surface area contributed by atoms with E-state index in [-0.39, 0.29) is 5.70 Å². The maximum absolute atomic E-state index is 11.2. The lowest BCUT2D eigenvalue weighted by Gasteiger charge is -2.26. The van der Waals surface area contributed by atoms with Crippen molar-refractivity contribution >= 4 is 5.95 Å². The van der Waals surface area contributed by atoms with Crippen molar-refractivity contribution in [2.45, 2.75) is 19.4 Å². The van der Waals surface area contributed by atoms with E-state index in [0.717, 1.165) is 11.1 Å². The van der Waals surface area contributed by atoms with Crippen molar-refractivity contribution in [1.82, 2.24) is 14.8 Å². The van der Waals surface area contributed by atoms with Crippen LogP contribution >= 0.6 is 0 Å². The normalized spacial score (nSPS) is 16.9. The minimum atomic E-state index is -0.499. The molecule has 0 bridgehead atoms. The van der Waals surface area contributed by atoms with Gasteiger partial charge in [-0.15, -0.1) is 0 Å². The van der Waals surface area contributed by atoms with Crippen molar-refractivity contribution < 1.29 is 9.49 Å². The van der Waals surface area contributed by atoms with Crippen LogP contribution in [0.4, 0.5) is 5.95 Å². The molecule has 21 heavy (non-hydrogen) atoms. The van der Waals surface area contributed by atoms with Crippen LogP contribution in [0.5, 0.6) is 0 Å². The van der Waals surface area contributed by atoms with E-state index in [1.54, 1.807) is 0 Å². The summed E-state index contributed by atoms with van der Waals surface area (Å²) < 4.78 is 3.45. The highest BCUT2D eigenvalue weighted by molar-refractivity contribution is 5.42. The Kier molecular flexibility index (Phi) is 3.13. The summed E-state index contributed by atoms with van der Waals surface area (Å²) in [5.74, 6) is 0.393. The second-order valence-electron chi connectivity index (χ2n) is 4.98. The predicted molar refractivity (Wildman–Crippen MR) is 73.2 cm³/mol. The van der Waals surface area contributed by atoms with E-state index in [4.69, 9.17) is 0 Å². The number of allylic oxidation sites excluding steroid dienone is 1. The summed E-state index contributed by atoms with van der Waals surface area (Å²) in [6, 6.07) is 1.47. The van der Waals surface area contributed by atoms with Gasteiger partial charge in [-0.3, -0.25) is 10.1 Å². The molecule has 0 radical (unpaired) electrons. The van der Waals surface area contributed by atoms with Crippen molar-refractivity contribution in [2.75, 3.05) is 0 Å². The number of aromatic nitrogens is 4. The molecule has 0 amide bonds. The van der Waals surface area contributed by atoms with Gasteiger partial charge in [-0.05, 0) is 18.9 Å². The number of nitro groups is 1. The maximum atomic E-state index is 11.2. The summed E-state index contributed by atoms with van der Waals surface area (Å²) in [7, 11) is 1.94. The molecule has 2 aromatic heterocycles. The van der Waals surface area contributed by atoms with Crippen molar-refractivity contribution in [3.8, 4) is 0 Å². The van der Waals surface area contributed by atoms with Crippen LogP contribution in [0.1, 0.15) is 17.2 Å². The third-order valence-electron chi connectivity index (χ3n) is 3.54. The first kappa shape index (κ1) is 13.2. The van der Waals surface area contributed by atoms with Crippen molar-refractivity contribution in [3.05, 3.63) is 63.2 Å². The standard InChI is InChI=1S/C13H14N6O2/c1-9-7-17(2)4-3-10(9)5-11-12(19(20)21)6-14-13-15-8-16-18(11)13/h3-4,6-8,11H,5H2,1-2H3/t11-/m1/s1. The molecule has 1 aliphatic rings. The van der Waals surface area contributed by atoms with Crippen molar-refractivity contribution in [1.29, 1.82) is 0 Å². The van der Waals surface area contributed by atoms with Crippen LogP contribution in [0, 0.1) is 17.0 Å². The van der Waals surface area contributed by atoms with Gasteiger partial charge in [-0.25, -0.2) is 9.67 Å². The summed E-state index contributed by atoms with van der Waals surface area (Å²) in [6.45, 7) is 1.99. The molecule has 0 fully saturated rings. The first-order valence-electron chi connectivity index (χ1n) is 6.46. The van der Waals surface area contributed by atoms with Crippen LogP contribution < -0.4 is 4.57 Å². The highest BCUT2D eigenvalue weighted by Gasteiger charge is 2.28. The van der Waals surface area contributed by atoms with Crippen LogP contribution in [0.3, 0.4) is 0 Å². The summed E-state index contributed by atoms with van der Waals surface area (Å²) >= 11 is 0. The Labute approximate surface area is 120 Å². The fourth-order valence-corrected chi connectivity index (χ4v) is 2.46. The predicted octanol–water partition coefficient (Wildman–Crippen LogP) is 1.33. The van der Waals surface area contributed by atoms with Crippen LogP contribution in [0.2, 0.25) is 0 Å². The van der Waals surface area contributed by atoms with Gasteiger partial charge in [-0.1, -0.05) is 0 Å². The molecule has 0 unspecified atom stereocenters. The Morgan fingerprint density at radius 1 is 1.57 bits per heavy atom. The van der Waals surface area contributed by atoms with E-state index in [2.05, 4.69) is 15.4 Å². The molecular weight excluding hydrogens is 272 g/mol. The summed E-state index contributed by atoms with van der Waals surface area (Å²) in [6.07, 6.45) is 7.02. The van der Waals surface area contributed by atoms with E-state index < -0.39 is 11.0 Å². The van der Waals surface area contributed by atoms with E-state index >= 15 is 0 Å². The third kappa shape index (κ3) is 2.35. The SMILES string of the molecule is Cc1c[n+](C)ccc1C[C@@H]1C([N+](=O)[O-])=C[N-]c2ncnn21. The van der Waals surface area contributed by atoms with Gasteiger partial charge in [-0.2, -0.15) is 0 Å². The number of hydrogen-bond donors (Lipinski definition) is 0. The number of pyridine rings is 1. The summed E-state index contributed by atoms with van der Waals surface area (Å²) in [4.78, 5) is 14.8. The number of rotatable bonds is 3. The highest BCUT2D eigenvalue weighted by Crippen LogP contribution is 2.34. The van der Waals surface area contributed by atoms with Gasteiger partial charge in [0, 0.05) is 23.8 Å². The molecule has 0 saturated carbocycles. The molecular formula is C13H14N6O2. The lowest BCUT2D eigenvalue weighted by atomic mass is 10.0. The number of hydrogen-bond acceptors (Lipinski definition) is 4. The van der Waals surface area contributed by atoms with Crippen LogP contribution in [0.15, 0.2) is 36.7 Å². The lowest BCUT2D eigenvalue weighted by Crippen LogP contribution is -2.28. The van der Waals surface area contributed by atoms with Gasteiger partial charge in [0.2, 0.25) is 0 Å². The monoisotopic (exact) mass is 286 g/mol. The first-order valence-corrected chi connectivity index (χ1v) is 6.46. The fourth-order valence-electron chi connectivity index (χ4n) is 2.46. The van der Waals surface area contributed by atoms with Gasteiger partial charge >= 0.3 is 0 Å². The quantitative estimate of drug-likeness (QED) is 0.483. The van der Waals surface area contributed by atoms with Crippen molar-refractivity contribution in [3.63, 3.8) is 0 Å². The Balaban J connectivity index is 1.99. The second kappa shape index (κ2) is 4.97. The van der Waals surface area contributed by atoms with Gasteiger partial charge in [0.1, 0.15) is 13.1 Å². The fraction of sp³-hybridized carbons (Fsp3) is 0.308. The van der Waals surface area contributed by atoms with Gasteiger partial charge in [0.25, 0.3) is 5.70 Å². The molecule has 108 valence electrons. The Morgan fingerprint density at radius 3 is 3.10 bits per heavy atom. The zero-order valence-electron chi connectivity index (χ0n) is 11.7. The molecule has 0 saturated heterocycles. The van der Waals surface area contributed by atoms with Gasteiger partial charge in [0.15, 0.2) is 12.4 Å². The minimum Gasteiger partial charge on any atom is -0.359 e.